The van der Waals surface area contributed by atoms with E-state index < -0.39 is 0 Å². The Labute approximate surface area is 120 Å². The van der Waals surface area contributed by atoms with Crippen molar-refractivity contribution in [1.29, 1.82) is 0 Å². The van der Waals surface area contributed by atoms with Crippen LogP contribution in [0.25, 0.3) is 0 Å². The second-order valence-corrected chi connectivity index (χ2v) is 5.02. The molecule has 0 heterocycles. The first kappa shape index (κ1) is 14.4. The van der Waals surface area contributed by atoms with E-state index in [0.29, 0.717) is 12.3 Å². The third-order valence-corrected chi connectivity index (χ3v) is 3.40. The molecule has 106 valence electrons. The molecular weight excluding hydrogens is 248 g/mol. The van der Waals surface area contributed by atoms with Gasteiger partial charge in [0.15, 0.2) is 0 Å². The van der Waals surface area contributed by atoms with E-state index in [1.165, 1.54) is 16.8 Å². The summed E-state index contributed by atoms with van der Waals surface area (Å²) in [5.74, 6) is 0.304. The van der Waals surface area contributed by atoms with E-state index in [-0.39, 0.29) is 0 Å². The van der Waals surface area contributed by atoms with Crippen LogP contribution in [0.5, 0.6) is 5.75 Å². The van der Waals surface area contributed by atoms with Gasteiger partial charge in [0.2, 0.25) is 0 Å². The first-order valence-electron chi connectivity index (χ1n) is 6.99. The summed E-state index contributed by atoms with van der Waals surface area (Å²) in [7, 11) is 0. The van der Waals surface area contributed by atoms with Crippen LogP contribution in [0.2, 0.25) is 0 Å². The highest BCUT2D eigenvalue weighted by molar-refractivity contribution is 5.53. The molecule has 3 heteroatoms. The number of nitrogens with two attached hydrogens (primary N) is 1. The van der Waals surface area contributed by atoms with Crippen molar-refractivity contribution in [2.75, 3.05) is 18.0 Å². The number of aromatic hydroxyl groups is 1. The third-order valence-electron chi connectivity index (χ3n) is 3.40. The lowest BCUT2D eigenvalue weighted by molar-refractivity contribution is 0.475. The van der Waals surface area contributed by atoms with Gasteiger partial charge in [0.1, 0.15) is 5.75 Å². The molecule has 0 saturated carbocycles. The summed E-state index contributed by atoms with van der Waals surface area (Å²) in [6, 6.07) is 15.8. The number of nitrogens with zero attached hydrogens (tertiary/aromatic N) is 1. The Morgan fingerprint density at radius 2 is 1.75 bits per heavy atom. The maximum absolute atomic E-state index is 9.36. The molecule has 0 aliphatic carbocycles. The van der Waals surface area contributed by atoms with Crippen LogP contribution in [-0.4, -0.2) is 18.2 Å². The van der Waals surface area contributed by atoms with Crippen LogP contribution in [0.4, 0.5) is 5.69 Å². The van der Waals surface area contributed by atoms with Crippen molar-refractivity contribution >= 4 is 5.69 Å². The summed E-state index contributed by atoms with van der Waals surface area (Å²) in [5.41, 5.74) is 9.34. The van der Waals surface area contributed by atoms with Gasteiger partial charge in [-0.05, 0) is 49.2 Å². The Bertz CT molecular complexity index is 537. The molecule has 0 amide bonds. The number of benzene rings is 2. The van der Waals surface area contributed by atoms with Crippen molar-refractivity contribution in [2.24, 2.45) is 5.73 Å². The third kappa shape index (κ3) is 3.75. The van der Waals surface area contributed by atoms with E-state index in [2.05, 4.69) is 36.1 Å². The summed E-state index contributed by atoms with van der Waals surface area (Å²) in [4.78, 5) is 2.34. The highest BCUT2D eigenvalue weighted by Gasteiger charge is 2.09. The molecule has 0 spiro atoms. The minimum atomic E-state index is 0.304. The second-order valence-electron chi connectivity index (χ2n) is 5.02. The molecule has 2 aromatic rings. The predicted molar refractivity (Wildman–Crippen MR) is 84.0 cm³/mol. The molecule has 0 radical (unpaired) electrons. The van der Waals surface area contributed by atoms with Crippen molar-refractivity contribution in [2.45, 2.75) is 19.9 Å². The average Bonchev–Trinajstić information content (AvgIpc) is 2.46. The highest BCUT2D eigenvalue weighted by Crippen LogP contribution is 2.22. The van der Waals surface area contributed by atoms with Gasteiger partial charge in [-0.3, -0.25) is 0 Å². The first-order chi connectivity index (χ1) is 9.70. The fourth-order valence-electron chi connectivity index (χ4n) is 2.31. The molecule has 2 rings (SSSR count). The molecule has 0 aliphatic heterocycles. The molecule has 3 N–H and O–H groups in total. The lowest BCUT2D eigenvalue weighted by Crippen LogP contribution is -2.26. The van der Waals surface area contributed by atoms with Crippen LogP contribution in [0.3, 0.4) is 0 Å². The number of phenolic OH excluding ortho intramolecular Hbond substituents is 1. The fraction of sp³-hybridized carbons (Fsp3) is 0.294. The summed E-state index contributed by atoms with van der Waals surface area (Å²) in [5, 5.41) is 9.36. The van der Waals surface area contributed by atoms with Gasteiger partial charge in [0.05, 0.1) is 0 Å². The number of para-hydroxylation sites is 1. The summed E-state index contributed by atoms with van der Waals surface area (Å²) >= 11 is 0. The van der Waals surface area contributed by atoms with Crippen LogP contribution >= 0.6 is 0 Å². The molecule has 0 aromatic heterocycles. The van der Waals surface area contributed by atoms with E-state index >= 15 is 0 Å². The van der Waals surface area contributed by atoms with Gasteiger partial charge in [-0.15, -0.1) is 0 Å². The largest absolute Gasteiger partial charge is 0.508 e. The summed E-state index contributed by atoms with van der Waals surface area (Å²) in [6.07, 6.45) is 0.965. The van der Waals surface area contributed by atoms with E-state index in [1.807, 2.05) is 12.1 Å². The summed E-state index contributed by atoms with van der Waals surface area (Å²) in [6.45, 7) is 4.58. The van der Waals surface area contributed by atoms with Crippen molar-refractivity contribution in [3.05, 3.63) is 59.7 Å². The maximum Gasteiger partial charge on any atom is 0.115 e. The van der Waals surface area contributed by atoms with Gasteiger partial charge in [0.25, 0.3) is 0 Å². The molecule has 0 fully saturated rings. The predicted octanol–water partition coefficient (Wildman–Crippen LogP) is 3.06. The molecule has 0 bridgehead atoms. The fourth-order valence-corrected chi connectivity index (χ4v) is 2.31. The smallest absolute Gasteiger partial charge is 0.115 e. The minimum Gasteiger partial charge on any atom is -0.508 e. The van der Waals surface area contributed by atoms with E-state index in [4.69, 9.17) is 5.73 Å². The quantitative estimate of drug-likeness (QED) is 0.848. The Kier molecular flexibility index (Phi) is 5.02. The molecule has 0 aliphatic rings. The summed E-state index contributed by atoms with van der Waals surface area (Å²) < 4.78 is 0. The Morgan fingerprint density at radius 1 is 1.05 bits per heavy atom. The van der Waals surface area contributed by atoms with E-state index in [9.17, 15) is 5.11 Å². The SMILES string of the molecule is Cc1ccccc1N(CCCN)Cc1ccc(O)cc1. The topological polar surface area (TPSA) is 49.5 Å². The standard InChI is InChI=1S/C17H22N2O/c1-14-5-2-3-6-17(14)19(12-4-11-18)13-15-7-9-16(20)10-8-15/h2-3,5-10,20H,4,11-13,18H2,1H3. The Hall–Kier alpha value is -2.00. The zero-order chi connectivity index (χ0) is 14.4. The number of hydrogen-bond acceptors (Lipinski definition) is 3. The van der Waals surface area contributed by atoms with Crippen LogP contribution in [0.15, 0.2) is 48.5 Å². The van der Waals surface area contributed by atoms with Crippen molar-refractivity contribution in [1.82, 2.24) is 0 Å². The molecule has 2 aromatic carbocycles. The Balaban J connectivity index is 2.19. The van der Waals surface area contributed by atoms with Gasteiger partial charge >= 0.3 is 0 Å². The second kappa shape index (κ2) is 6.96. The molecule has 20 heavy (non-hydrogen) atoms. The van der Waals surface area contributed by atoms with E-state index in [1.54, 1.807) is 12.1 Å². The highest BCUT2D eigenvalue weighted by atomic mass is 16.3. The van der Waals surface area contributed by atoms with Gasteiger partial charge in [0, 0.05) is 18.8 Å². The van der Waals surface area contributed by atoms with Crippen molar-refractivity contribution in [3.63, 3.8) is 0 Å². The normalized spacial score (nSPS) is 10.5. The van der Waals surface area contributed by atoms with Gasteiger partial charge in [-0.25, -0.2) is 0 Å². The lowest BCUT2D eigenvalue weighted by atomic mass is 10.1. The monoisotopic (exact) mass is 270 g/mol. The zero-order valence-corrected chi connectivity index (χ0v) is 11.9. The maximum atomic E-state index is 9.36. The average molecular weight is 270 g/mol. The lowest BCUT2D eigenvalue weighted by Gasteiger charge is -2.26. The van der Waals surface area contributed by atoms with Gasteiger partial charge in [-0.1, -0.05) is 30.3 Å². The van der Waals surface area contributed by atoms with Crippen LogP contribution in [0.1, 0.15) is 17.5 Å². The first-order valence-corrected chi connectivity index (χ1v) is 6.99. The molecule has 0 atom stereocenters. The minimum absolute atomic E-state index is 0.304. The number of rotatable bonds is 6. The number of anilines is 1. The molecular formula is C17H22N2O. The van der Waals surface area contributed by atoms with Crippen molar-refractivity contribution < 1.29 is 5.11 Å². The molecule has 0 saturated heterocycles. The number of hydrogen-bond donors (Lipinski definition) is 2. The molecule has 0 unspecified atom stereocenters. The van der Waals surface area contributed by atoms with Crippen LogP contribution in [-0.2, 0) is 6.54 Å². The van der Waals surface area contributed by atoms with Crippen LogP contribution in [0, 0.1) is 6.92 Å². The molecule has 3 nitrogen and oxygen atoms in total. The number of aryl methyl sites for hydroxylation is 1. The van der Waals surface area contributed by atoms with Gasteiger partial charge < -0.3 is 15.7 Å². The van der Waals surface area contributed by atoms with Crippen molar-refractivity contribution in [3.8, 4) is 5.75 Å². The van der Waals surface area contributed by atoms with E-state index in [0.717, 1.165) is 19.5 Å². The van der Waals surface area contributed by atoms with Gasteiger partial charge in [-0.2, -0.15) is 0 Å². The number of phenols is 1. The van der Waals surface area contributed by atoms with Crippen LogP contribution < -0.4 is 10.6 Å². The zero-order valence-electron chi connectivity index (χ0n) is 11.9. The Morgan fingerprint density at radius 3 is 2.40 bits per heavy atom.